The van der Waals surface area contributed by atoms with Crippen LogP contribution in [0.1, 0.15) is 24.2 Å². The lowest BCUT2D eigenvalue weighted by Crippen LogP contribution is -2.29. The summed E-state index contributed by atoms with van der Waals surface area (Å²) in [4.78, 5) is 54.4. The molecule has 0 saturated heterocycles. The minimum absolute atomic E-state index is 0.0378. The van der Waals surface area contributed by atoms with Crippen molar-refractivity contribution in [2.75, 3.05) is 11.9 Å². The zero-order chi connectivity index (χ0) is 27.7. The second kappa shape index (κ2) is 10.9. The summed E-state index contributed by atoms with van der Waals surface area (Å²) in [5.74, 6) is -1.94. The molecule has 0 radical (unpaired) electrons. The molecule has 2 heterocycles. The Kier molecular flexibility index (Phi) is 7.87. The molecule has 0 unspecified atom stereocenters. The van der Waals surface area contributed by atoms with E-state index in [2.05, 4.69) is 5.32 Å². The number of Topliss-reactive ketones (excluding diaryl/α,β-unsaturated/α-hetero) is 1. The third-order valence-electron chi connectivity index (χ3n) is 5.72. The van der Waals surface area contributed by atoms with Crippen molar-refractivity contribution < 1.29 is 19.1 Å². The Hall–Kier alpha value is -3.72. The van der Waals surface area contributed by atoms with E-state index in [1.54, 1.807) is 48.5 Å². The van der Waals surface area contributed by atoms with Gasteiger partial charge in [0, 0.05) is 40.5 Å². The molecule has 0 spiro atoms. The number of esters is 1. The van der Waals surface area contributed by atoms with Crippen molar-refractivity contribution in [3.8, 4) is 22.4 Å². The highest BCUT2D eigenvalue weighted by Crippen LogP contribution is 2.39. The lowest BCUT2D eigenvalue weighted by atomic mass is 9.96. The zero-order valence-corrected chi connectivity index (χ0v) is 22.7. The van der Waals surface area contributed by atoms with Crippen molar-refractivity contribution >= 4 is 69.2 Å². The predicted molar refractivity (Wildman–Crippen MR) is 148 cm³/mol. The molecule has 0 atom stereocenters. The summed E-state index contributed by atoms with van der Waals surface area (Å²) in [7, 11) is 1.48. The van der Waals surface area contributed by atoms with E-state index in [0.29, 0.717) is 42.8 Å². The van der Waals surface area contributed by atoms with E-state index in [1.807, 2.05) is 0 Å². The normalized spacial score (nSPS) is 10.9. The van der Waals surface area contributed by atoms with Crippen LogP contribution in [0.4, 0.5) is 5.69 Å². The summed E-state index contributed by atoms with van der Waals surface area (Å²) in [5, 5.41) is 4.17. The number of ketones is 1. The number of pyridine rings is 2. The third kappa shape index (κ3) is 5.43. The van der Waals surface area contributed by atoms with Crippen molar-refractivity contribution in [3.05, 3.63) is 79.5 Å². The molecule has 0 aliphatic heterocycles. The van der Waals surface area contributed by atoms with Gasteiger partial charge in [0.1, 0.15) is 11.2 Å². The van der Waals surface area contributed by atoms with Gasteiger partial charge in [-0.3, -0.25) is 23.7 Å². The molecule has 194 valence electrons. The first-order valence-corrected chi connectivity index (χ1v) is 12.3. The number of aryl methyl sites for hydroxylation is 1. The summed E-state index contributed by atoms with van der Waals surface area (Å²) >= 11 is 18.8. The number of hydrogen-bond donors (Lipinski definition) is 1. The fraction of sp³-hybridized carbons (Fsp3) is 0.148. The van der Waals surface area contributed by atoms with E-state index in [-0.39, 0.29) is 16.9 Å². The Balaban J connectivity index is 2.09. The van der Waals surface area contributed by atoms with Crippen LogP contribution in [0.3, 0.4) is 0 Å². The first-order valence-electron chi connectivity index (χ1n) is 11.2. The number of nitrogens with one attached hydrogen (secondary N) is 1. The molecule has 2 aromatic heterocycles. The van der Waals surface area contributed by atoms with Gasteiger partial charge in [-0.15, -0.1) is 0 Å². The summed E-state index contributed by atoms with van der Waals surface area (Å²) in [6.07, 6.45) is 0. The number of amides is 1. The van der Waals surface area contributed by atoms with Crippen molar-refractivity contribution in [3.63, 3.8) is 0 Å². The predicted octanol–water partition coefficient (Wildman–Crippen LogP) is 5.93. The van der Waals surface area contributed by atoms with Gasteiger partial charge in [0.2, 0.25) is 0 Å². The summed E-state index contributed by atoms with van der Waals surface area (Å²) in [6.45, 7) is 1.78. The fourth-order valence-electron chi connectivity index (χ4n) is 3.98. The smallest absolute Gasteiger partial charge is 0.303 e. The Bertz CT molecular complexity index is 1680. The van der Waals surface area contributed by atoms with Crippen molar-refractivity contribution in [1.29, 1.82) is 0 Å². The van der Waals surface area contributed by atoms with Crippen molar-refractivity contribution in [1.82, 2.24) is 9.55 Å². The first-order chi connectivity index (χ1) is 18.0. The number of halogens is 3. The maximum atomic E-state index is 13.3. The van der Waals surface area contributed by atoms with Crippen LogP contribution in [0, 0.1) is 0 Å². The number of rotatable bonds is 6. The quantitative estimate of drug-likeness (QED) is 0.227. The molecule has 4 aromatic rings. The van der Waals surface area contributed by atoms with Crippen LogP contribution in [0.15, 0.2) is 53.3 Å². The molecule has 2 aromatic carbocycles. The van der Waals surface area contributed by atoms with Gasteiger partial charge in [-0.2, -0.15) is 0 Å². The average molecular weight is 573 g/mol. The van der Waals surface area contributed by atoms with E-state index >= 15 is 0 Å². The van der Waals surface area contributed by atoms with Gasteiger partial charge in [-0.25, -0.2) is 4.98 Å². The number of nitrogens with zero attached hydrogens (tertiary/aromatic N) is 2. The number of carbonyl (C=O) groups excluding carboxylic acids is 3. The minimum atomic E-state index is -0.727. The number of carbonyl (C=O) groups is 3. The minimum Gasteiger partial charge on any atom is -0.456 e. The van der Waals surface area contributed by atoms with Crippen LogP contribution in [-0.4, -0.2) is 33.8 Å². The monoisotopic (exact) mass is 571 g/mol. The van der Waals surface area contributed by atoms with Gasteiger partial charge in [0.25, 0.3) is 11.5 Å². The molecule has 0 bridgehead atoms. The third-order valence-corrected chi connectivity index (χ3v) is 6.52. The van der Waals surface area contributed by atoms with Gasteiger partial charge in [-0.1, -0.05) is 46.9 Å². The molecule has 11 heteroatoms. The van der Waals surface area contributed by atoms with Gasteiger partial charge in [0.05, 0.1) is 16.4 Å². The van der Waals surface area contributed by atoms with Gasteiger partial charge >= 0.3 is 5.97 Å². The van der Waals surface area contributed by atoms with Crippen LogP contribution in [0.25, 0.3) is 33.4 Å². The number of fused-ring (bicyclic) bond motifs is 1. The Morgan fingerprint density at radius 3 is 2.21 bits per heavy atom. The van der Waals surface area contributed by atoms with Crippen LogP contribution in [0.2, 0.25) is 15.1 Å². The van der Waals surface area contributed by atoms with E-state index in [1.165, 1.54) is 18.5 Å². The molecule has 38 heavy (non-hydrogen) atoms. The van der Waals surface area contributed by atoms with Gasteiger partial charge in [-0.05, 0) is 48.9 Å². The first kappa shape index (κ1) is 27.3. The Labute approximate surface area is 232 Å². The van der Waals surface area contributed by atoms with E-state index in [9.17, 15) is 19.2 Å². The number of aromatic nitrogens is 2. The largest absolute Gasteiger partial charge is 0.456 e. The van der Waals surface area contributed by atoms with Crippen LogP contribution >= 0.6 is 34.8 Å². The van der Waals surface area contributed by atoms with E-state index in [0.717, 1.165) is 6.92 Å². The molecular formula is C27H20Cl3N3O5. The van der Waals surface area contributed by atoms with Crippen LogP contribution < -0.4 is 10.9 Å². The second-order valence-electron chi connectivity index (χ2n) is 8.39. The molecule has 1 N–H and O–H groups in total. The van der Waals surface area contributed by atoms with Crippen LogP contribution in [0.5, 0.6) is 0 Å². The summed E-state index contributed by atoms with van der Waals surface area (Å²) in [6, 6.07) is 13.6. The number of anilines is 1. The average Bonchev–Trinajstić information content (AvgIpc) is 2.85. The van der Waals surface area contributed by atoms with Gasteiger partial charge in [0.15, 0.2) is 12.4 Å². The molecule has 0 saturated carbocycles. The molecule has 8 nitrogen and oxygen atoms in total. The lowest BCUT2D eigenvalue weighted by molar-refractivity contribution is -0.144. The maximum Gasteiger partial charge on any atom is 0.303 e. The molecule has 0 aliphatic rings. The standard InChI is InChI=1S/C27H20Cl3N3O5/c1-13(34)23-25(31-22(36)12-38-14(2)35)20-11-19(15-4-6-16(28)7-5-15)24(32-26(20)33(3)27(23)37)18-9-8-17(29)10-21(18)30/h4-11H,12H2,1-3H3,(H,31,36). The number of benzene rings is 2. The highest BCUT2D eigenvalue weighted by Gasteiger charge is 2.24. The summed E-state index contributed by atoms with van der Waals surface area (Å²) < 4.78 is 6.00. The van der Waals surface area contributed by atoms with E-state index in [4.69, 9.17) is 44.5 Å². The van der Waals surface area contributed by atoms with E-state index < -0.39 is 29.8 Å². The second-order valence-corrected chi connectivity index (χ2v) is 9.67. The Morgan fingerprint density at radius 2 is 1.61 bits per heavy atom. The molecule has 1 amide bonds. The lowest BCUT2D eigenvalue weighted by Gasteiger charge is -2.18. The molecule has 0 fully saturated rings. The van der Waals surface area contributed by atoms with Gasteiger partial charge < -0.3 is 10.1 Å². The molecule has 4 rings (SSSR count). The fourth-order valence-corrected chi connectivity index (χ4v) is 4.61. The number of ether oxygens (including phenoxy) is 1. The maximum absolute atomic E-state index is 13.3. The summed E-state index contributed by atoms with van der Waals surface area (Å²) in [5.41, 5.74) is 1.52. The van der Waals surface area contributed by atoms with Crippen molar-refractivity contribution in [2.45, 2.75) is 13.8 Å². The topological polar surface area (TPSA) is 107 Å². The number of hydrogen-bond acceptors (Lipinski definition) is 6. The molecule has 0 aliphatic carbocycles. The zero-order valence-electron chi connectivity index (χ0n) is 20.4. The van der Waals surface area contributed by atoms with Crippen molar-refractivity contribution in [2.24, 2.45) is 7.05 Å². The Morgan fingerprint density at radius 1 is 0.947 bits per heavy atom. The van der Waals surface area contributed by atoms with Crippen LogP contribution in [-0.2, 0) is 21.4 Å². The molecular weight excluding hydrogens is 553 g/mol. The highest BCUT2D eigenvalue weighted by molar-refractivity contribution is 6.36. The highest BCUT2D eigenvalue weighted by atomic mass is 35.5. The SMILES string of the molecule is CC(=O)OCC(=O)Nc1c(C(C)=O)c(=O)n(C)c2nc(-c3ccc(Cl)cc3Cl)c(-c3ccc(Cl)cc3)cc12.